The molecule has 2 aliphatic rings. The number of allylic oxidation sites excluding steroid dienone is 4. The van der Waals surface area contributed by atoms with Crippen LogP contribution >= 0.6 is 0 Å². The van der Waals surface area contributed by atoms with E-state index in [1.807, 2.05) is 42.5 Å². The van der Waals surface area contributed by atoms with Gasteiger partial charge in [-0.05, 0) is 18.9 Å². The van der Waals surface area contributed by atoms with Gasteiger partial charge in [0.05, 0.1) is 0 Å². The van der Waals surface area contributed by atoms with Crippen molar-refractivity contribution < 1.29 is 9.84 Å². The van der Waals surface area contributed by atoms with Gasteiger partial charge in [-0.2, -0.15) is 0 Å². The van der Waals surface area contributed by atoms with Crippen LogP contribution in [0.25, 0.3) is 0 Å². The summed E-state index contributed by atoms with van der Waals surface area (Å²) in [5.41, 5.74) is 0.842. The maximum atomic E-state index is 10.6. The number of ether oxygens (including phenoxy) is 1. The van der Waals surface area contributed by atoms with Crippen LogP contribution in [0.2, 0.25) is 0 Å². The van der Waals surface area contributed by atoms with Crippen molar-refractivity contribution in [1.29, 1.82) is 0 Å². The average molecular weight is 228 g/mol. The molecular weight excluding hydrogens is 212 g/mol. The van der Waals surface area contributed by atoms with Gasteiger partial charge in [-0.25, -0.2) is 0 Å². The summed E-state index contributed by atoms with van der Waals surface area (Å²) in [4.78, 5) is 0. The summed E-state index contributed by atoms with van der Waals surface area (Å²) in [7, 11) is 0. The second-order valence-corrected chi connectivity index (χ2v) is 4.72. The van der Waals surface area contributed by atoms with Crippen LogP contribution in [0.5, 0.6) is 0 Å². The molecule has 0 aromatic heterocycles. The Kier molecular flexibility index (Phi) is 2.52. The minimum absolute atomic E-state index is 0.448. The molecule has 2 unspecified atom stereocenters. The Hall–Kier alpha value is -1.54. The van der Waals surface area contributed by atoms with E-state index >= 15 is 0 Å². The van der Waals surface area contributed by atoms with Crippen molar-refractivity contribution in [2.75, 3.05) is 0 Å². The van der Waals surface area contributed by atoms with Crippen LogP contribution in [0.3, 0.4) is 0 Å². The number of hydrogen-bond donors (Lipinski definition) is 1. The average Bonchev–Trinajstić information content (AvgIpc) is 2.40. The van der Waals surface area contributed by atoms with Crippen LogP contribution in [0, 0.1) is 5.92 Å². The van der Waals surface area contributed by atoms with Crippen molar-refractivity contribution in [3.8, 4) is 0 Å². The lowest BCUT2D eigenvalue weighted by Gasteiger charge is -2.39. The van der Waals surface area contributed by atoms with E-state index in [9.17, 15) is 5.11 Å². The molecular formula is C15H16O2. The van der Waals surface area contributed by atoms with Crippen LogP contribution < -0.4 is 0 Å². The zero-order chi connectivity index (χ0) is 11.7. The van der Waals surface area contributed by atoms with Gasteiger partial charge in [0, 0.05) is 17.9 Å². The molecule has 1 fully saturated rings. The molecule has 1 aromatic carbocycles. The standard InChI is InChI=1S/C15H16O2/c16-15(13-7-2-1-3-8-13)11-10-12-6-4-5-9-14(12)17-15/h1-5,7-9,12,16H,6,10-11H2. The quantitative estimate of drug-likeness (QED) is 0.800. The number of hydrogen-bond acceptors (Lipinski definition) is 2. The zero-order valence-electron chi connectivity index (χ0n) is 9.67. The summed E-state index contributed by atoms with van der Waals surface area (Å²) in [6.45, 7) is 0. The summed E-state index contributed by atoms with van der Waals surface area (Å²) in [6.07, 6.45) is 8.79. The molecule has 0 saturated carbocycles. The Morgan fingerprint density at radius 3 is 2.88 bits per heavy atom. The summed E-state index contributed by atoms with van der Waals surface area (Å²) in [6, 6.07) is 9.63. The minimum Gasteiger partial charge on any atom is -0.462 e. The molecule has 2 atom stereocenters. The zero-order valence-corrected chi connectivity index (χ0v) is 9.67. The van der Waals surface area contributed by atoms with Gasteiger partial charge >= 0.3 is 0 Å². The minimum atomic E-state index is -1.14. The molecule has 88 valence electrons. The third-order valence-corrected chi connectivity index (χ3v) is 3.56. The van der Waals surface area contributed by atoms with E-state index in [2.05, 4.69) is 6.08 Å². The molecule has 1 N–H and O–H groups in total. The van der Waals surface area contributed by atoms with Gasteiger partial charge in [0.25, 0.3) is 0 Å². The SMILES string of the molecule is OC1(c2ccccc2)CCC2CC=CC=C2O1. The number of fused-ring (bicyclic) bond motifs is 1. The molecule has 1 saturated heterocycles. The van der Waals surface area contributed by atoms with E-state index in [-0.39, 0.29) is 0 Å². The Morgan fingerprint density at radius 1 is 1.24 bits per heavy atom. The van der Waals surface area contributed by atoms with E-state index in [1.165, 1.54) is 0 Å². The van der Waals surface area contributed by atoms with Crippen LogP contribution in [0.1, 0.15) is 24.8 Å². The second kappa shape index (κ2) is 4.04. The molecule has 0 amide bonds. The first-order chi connectivity index (χ1) is 8.28. The van der Waals surface area contributed by atoms with Gasteiger partial charge in [0.2, 0.25) is 5.79 Å². The summed E-state index contributed by atoms with van der Waals surface area (Å²) in [5.74, 6) is 0.225. The van der Waals surface area contributed by atoms with E-state index in [0.717, 1.165) is 24.2 Å². The topological polar surface area (TPSA) is 29.5 Å². The Balaban J connectivity index is 1.90. The molecule has 2 heteroatoms. The lowest BCUT2D eigenvalue weighted by atomic mass is 9.86. The van der Waals surface area contributed by atoms with E-state index in [4.69, 9.17) is 4.74 Å². The Labute approximate surface area is 101 Å². The van der Waals surface area contributed by atoms with Gasteiger partial charge in [0.15, 0.2) is 0 Å². The molecule has 1 aliphatic heterocycles. The molecule has 0 bridgehead atoms. The first kappa shape index (κ1) is 10.6. The highest BCUT2D eigenvalue weighted by Gasteiger charge is 2.39. The van der Waals surface area contributed by atoms with Gasteiger partial charge in [-0.15, -0.1) is 0 Å². The highest BCUT2D eigenvalue weighted by molar-refractivity contribution is 5.24. The second-order valence-electron chi connectivity index (χ2n) is 4.72. The molecule has 3 rings (SSSR count). The molecule has 0 radical (unpaired) electrons. The smallest absolute Gasteiger partial charge is 0.234 e. The van der Waals surface area contributed by atoms with Crippen LogP contribution in [-0.4, -0.2) is 5.11 Å². The molecule has 17 heavy (non-hydrogen) atoms. The van der Waals surface area contributed by atoms with Crippen molar-refractivity contribution in [2.45, 2.75) is 25.0 Å². The Bertz CT molecular complexity index is 461. The van der Waals surface area contributed by atoms with E-state index < -0.39 is 5.79 Å². The molecule has 1 aromatic rings. The first-order valence-electron chi connectivity index (χ1n) is 6.11. The number of rotatable bonds is 1. The van der Waals surface area contributed by atoms with Crippen molar-refractivity contribution in [1.82, 2.24) is 0 Å². The third kappa shape index (κ3) is 1.89. The number of benzene rings is 1. The predicted molar refractivity (Wildman–Crippen MR) is 66.0 cm³/mol. The Morgan fingerprint density at radius 2 is 2.06 bits per heavy atom. The fraction of sp³-hybridized carbons (Fsp3) is 0.333. The third-order valence-electron chi connectivity index (χ3n) is 3.56. The highest BCUT2D eigenvalue weighted by Crippen LogP contribution is 2.42. The van der Waals surface area contributed by atoms with E-state index in [1.54, 1.807) is 0 Å². The van der Waals surface area contributed by atoms with Crippen molar-refractivity contribution in [2.24, 2.45) is 5.92 Å². The predicted octanol–water partition coefficient (Wildman–Crippen LogP) is 3.10. The summed E-state index contributed by atoms with van der Waals surface area (Å²) >= 11 is 0. The molecule has 2 nitrogen and oxygen atoms in total. The molecule has 1 aliphatic carbocycles. The molecule has 1 heterocycles. The van der Waals surface area contributed by atoms with Gasteiger partial charge in [0.1, 0.15) is 5.76 Å². The lowest BCUT2D eigenvalue weighted by Crippen LogP contribution is -2.36. The summed E-state index contributed by atoms with van der Waals surface area (Å²) in [5, 5.41) is 10.6. The summed E-state index contributed by atoms with van der Waals surface area (Å²) < 4.78 is 5.83. The van der Waals surface area contributed by atoms with Gasteiger partial charge in [-0.3, -0.25) is 0 Å². The fourth-order valence-corrected chi connectivity index (χ4v) is 2.55. The normalized spacial score (nSPS) is 31.4. The van der Waals surface area contributed by atoms with Crippen LogP contribution in [0.15, 0.2) is 54.3 Å². The number of aliphatic hydroxyl groups is 1. The van der Waals surface area contributed by atoms with Gasteiger partial charge < -0.3 is 9.84 Å². The first-order valence-corrected chi connectivity index (χ1v) is 6.11. The van der Waals surface area contributed by atoms with E-state index in [0.29, 0.717) is 12.3 Å². The maximum Gasteiger partial charge on any atom is 0.234 e. The monoisotopic (exact) mass is 228 g/mol. The lowest BCUT2D eigenvalue weighted by molar-refractivity contribution is -0.215. The van der Waals surface area contributed by atoms with Crippen molar-refractivity contribution in [3.05, 3.63) is 59.9 Å². The van der Waals surface area contributed by atoms with Crippen LogP contribution in [-0.2, 0) is 10.5 Å². The van der Waals surface area contributed by atoms with Crippen molar-refractivity contribution in [3.63, 3.8) is 0 Å². The highest BCUT2D eigenvalue weighted by atomic mass is 16.6. The van der Waals surface area contributed by atoms with Gasteiger partial charge in [-0.1, -0.05) is 42.5 Å². The fourth-order valence-electron chi connectivity index (χ4n) is 2.55. The van der Waals surface area contributed by atoms with Crippen molar-refractivity contribution >= 4 is 0 Å². The maximum absolute atomic E-state index is 10.6. The molecule has 0 spiro atoms. The largest absolute Gasteiger partial charge is 0.462 e. The van der Waals surface area contributed by atoms with Crippen LogP contribution in [0.4, 0.5) is 0 Å².